The molecule has 23 heavy (non-hydrogen) atoms. The number of rotatable bonds is 8. The van der Waals surface area contributed by atoms with E-state index in [1.54, 1.807) is 7.11 Å². The lowest BCUT2D eigenvalue weighted by Crippen LogP contribution is -2.09. The van der Waals surface area contributed by atoms with E-state index in [0.29, 0.717) is 0 Å². The summed E-state index contributed by atoms with van der Waals surface area (Å²) in [4.78, 5) is 0. The van der Waals surface area contributed by atoms with Crippen LogP contribution in [0.15, 0.2) is 47.6 Å². The van der Waals surface area contributed by atoms with E-state index >= 15 is 0 Å². The maximum atomic E-state index is 9.84. The first-order chi connectivity index (χ1) is 11.0. The van der Waals surface area contributed by atoms with Crippen molar-refractivity contribution in [1.29, 1.82) is 0 Å². The Morgan fingerprint density at radius 3 is 2.43 bits per heavy atom. The Kier molecular flexibility index (Phi) is 8.40. The molecule has 0 aliphatic carbocycles. The molecule has 0 radical (unpaired) electrons. The number of methoxy groups -OCH3 is 1. The quantitative estimate of drug-likeness (QED) is 0.553. The lowest BCUT2D eigenvalue weighted by molar-refractivity contribution is 0.149. The zero-order valence-electron chi connectivity index (χ0n) is 14.7. The van der Waals surface area contributed by atoms with Crippen molar-refractivity contribution in [3.8, 4) is 12.3 Å². The van der Waals surface area contributed by atoms with Gasteiger partial charge in [0.05, 0.1) is 6.61 Å². The molecule has 1 aromatic rings. The van der Waals surface area contributed by atoms with E-state index in [2.05, 4.69) is 38.8 Å². The van der Waals surface area contributed by atoms with Gasteiger partial charge in [0.15, 0.2) is 0 Å². The first-order valence-electron chi connectivity index (χ1n) is 8.02. The van der Waals surface area contributed by atoms with Gasteiger partial charge >= 0.3 is 0 Å². The highest BCUT2D eigenvalue weighted by Gasteiger charge is 2.17. The summed E-state index contributed by atoms with van der Waals surface area (Å²) in [5.74, 6) is 2.59. The summed E-state index contributed by atoms with van der Waals surface area (Å²) in [5, 5.41) is 9.84. The smallest absolute Gasteiger partial charge is 0.143 e. The molecule has 0 bridgehead atoms. The van der Waals surface area contributed by atoms with Crippen molar-refractivity contribution < 1.29 is 9.84 Å². The minimum atomic E-state index is -0.389. The van der Waals surface area contributed by atoms with Gasteiger partial charge in [0, 0.05) is 13.0 Å². The average Bonchev–Trinajstić information content (AvgIpc) is 2.54. The third kappa shape index (κ3) is 6.06. The molecule has 0 fully saturated rings. The fraction of sp³-hybridized carbons (Fsp3) is 0.429. The summed E-state index contributed by atoms with van der Waals surface area (Å²) < 4.78 is 5.37. The van der Waals surface area contributed by atoms with Crippen molar-refractivity contribution in [3.05, 3.63) is 58.7 Å². The van der Waals surface area contributed by atoms with Crippen LogP contribution in [-0.4, -0.2) is 18.8 Å². The van der Waals surface area contributed by atoms with Crippen LogP contribution < -0.4 is 0 Å². The van der Waals surface area contributed by atoms with Crippen LogP contribution in [0, 0.1) is 12.3 Å². The standard InChI is InChI=1S/C21H28O2/c1-6-21(23-5)20-13-8-7-12-19(20)18(15-22)14-17(4)11-9-10-16(2)3/h1,7-8,10,12-14,18,21-22H,9,11,15H2,2-5H3/b17-14+. The number of aliphatic hydroxyl groups excluding tert-OH is 1. The summed E-state index contributed by atoms with van der Waals surface area (Å²) in [5.41, 5.74) is 4.58. The number of benzene rings is 1. The van der Waals surface area contributed by atoms with Gasteiger partial charge < -0.3 is 9.84 Å². The Morgan fingerprint density at radius 1 is 1.26 bits per heavy atom. The summed E-state index contributed by atoms with van der Waals surface area (Å²) in [6.07, 6.45) is 11.6. The highest BCUT2D eigenvalue weighted by Crippen LogP contribution is 2.29. The summed E-state index contributed by atoms with van der Waals surface area (Å²) in [6.45, 7) is 6.38. The Hall–Kier alpha value is -1.82. The molecular weight excluding hydrogens is 284 g/mol. The molecule has 2 nitrogen and oxygen atoms in total. The van der Waals surface area contributed by atoms with Crippen LogP contribution in [0.5, 0.6) is 0 Å². The van der Waals surface area contributed by atoms with E-state index in [9.17, 15) is 5.11 Å². The third-order valence-electron chi connectivity index (χ3n) is 3.84. The second-order valence-electron chi connectivity index (χ2n) is 6.03. The van der Waals surface area contributed by atoms with E-state index in [-0.39, 0.29) is 18.6 Å². The van der Waals surface area contributed by atoms with Crippen LogP contribution in [0.25, 0.3) is 0 Å². The molecule has 0 heterocycles. The number of ether oxygens (including phenoxy) is 1. The minimum absolute atomic E-state index is 0.0536. The average molecular weight is 312 g/mol. The summed E-state index contributed by atoms with van der Waals surface area (Å²) in [6, 6.07) is 7.90. The summed E-state index contributed by atoms with van der Waals surface area (Å²) >= 11 is 0. The zero-order valence-corrected chi connectivity index (χ0v) is 14.7. The Balaban J connectivity index is 3.02. The Bertz CT molecular complexity index is 586. The molecule has 124 valence electrons. The van der Waals surface area contributed by atoms with Gasteiger partial charge in [-0.2, -0.15) is 0 Å². The first-order valence-corrected chi connectivity index (χ1v) is 8.02. The molecule has 0 aliphatic rings. The molecule has 1 N–H and O–H groups in total. The van der Waals surface area contributed by atoms with Gasteiger partial charge in [0.25, 0.3) is 0 Å². The molecule has 0 saturated heterocycles. The van der Waals surface area contributed by atoms with Crippen molar-refractivity contribution in [1.82, 2.24) is 0 Å². The maximum Gasteiger partial charge on any atom is 0.143 e. The van der Waals surface area contributed by atoms with Crippen LogP contribution in [0.3, 0.4) is 0 Å². The van der Waals surface area contributed by atoms with Gasteiger partial charge in [-0.3, -0.25) is 0 Å². The maximum absolute atomic E-state index is 9.84. The van der Waals surface area contributed by atoms with E-state index in [4.69, 9.17) is 11.2 Å². The largest absolute Gasteiger partial charge is 0.395 e. The van der Waals surface area contributed by atoms with Crippen molar-refractivity contribution in [2.75, 3.05) is 13.7 Å². The Labute approximate surface area is 140 Å². The number of terminal acetylenes is 1. The van der Waals surface area contributed by atoms with Crippen LogP contribution >= 0.6 is 0 Å². The van der Waals surface area contributed by atoms with Gasteiger partial charge in [-0.05, 0) is 44.7 Å². The van der Waals surface area contributed by atoms with Gasteiger partial charge in [0.2, 0.25) is 0 Å². The van der Waals surface area contributed by atoms with Crippen molar-refractivity contribution in [2.45, 2.75) is 45.6 Å². The van der Waals surface area contributed by atoms with Crippen molar-refractivity contribution in [2.24, 2.45) is 0 Å². The second-order valence-corrected chi connectivity index (χ2v) is 6.03. The molecule has 0 saturated carbocycles. The highest BCUT2D eigenvalue weighted by molar-refractivity contribution is 5.38. The van der Waals surface area contributed by atoms with Gasteiger partial charge in [-0.1, -0.05) is 53.5 Å². The molecule has 0 spiro atoms. The van der Waals surface area contributed by atoms with Crippen LogP contribution in [-0.2, 0) is 4.74 Å². The number of hydrogen-bond donors (Lipinski definition) is 1. The molecular formula is C21H28O2. The molecule has 2 atom stereocenters. The molecule has 1 aromatic carbocycles. The van der Waals surface area contributed by atoms with Crippen molar-refractivity contribution >= 4 is 0 Å². The highest BCUT2D eigenvalue weighted by atomic mass is 16.5. The summed E-state index contributed by atoms with van der Waals surface area (Å²) in [7, 11) is 1.61. The molecule has 1 rings (SSSR count). The first kappa shape index (κ1) is 19.2. The lowest BCUT2D eigenvalue weighted by Gasteiger charge is -2.19. The molecule has 2 heteroatoms. The van der Waals surface area contributed by atoms with Crippen molar-refractivity contribution in [3.63, 3.8) is 0 Å². The molecule has 0 amide bonds. The second kappa shape index (κ2) is 10.0. The molecule has 2 unspecified atom stereocenters. The third-order valence-corrected chi connectivity index (χ3v) is 3.84. The van der Waals surface area contributed by atoms with Crippen LogP contribution in [0.2, 0.25) is 0 Å². The predicted molar refractivity (Wildman–Crippen MR) is 97.3 cm³/mol. The number of aliphatic hydroxyl groups is 1. The van der Waals surface area contributed by atoms with Gasteiger partial charge in [-0.15, -0.1) is 6.42 Å². The van der Waals surface area contributed by atoms with E-state index in [0.717, 1.165) is 24.0 Å². The van der Waals surface area contributed by atoms with Gasteiger partial charge in [0.1, 0.15) is 6.10 Å². The fourth-order valence-corrected chi connectivity index (χ4v) is 2.63. The molecule has 0 aliphatic heterocycles. The topological polar surface area (TPSA) is 29.5 Å². The van der Waals surface area contributed by atoms with E-state index in [1.165, 1.54) is 11.1 Å². The molecule has 0 aromatic heterocycles. The predicted octanol–water partition coefficient (Wildman–Crippen LogP) is 4.78. The van der Waals surface area contributed by atoms with Crippen LogP contribution in [0.1, 0.15) is 56.8 Å². The van der Waals surface area contributed by atoms with E-state index < -0.39 is 0 Å². The fourth-order valence-electron chi connectivity index (χ4n) is 2.63. The normalized spacial score (nSPS) is 14.0. The van der Waals surface area contributed by atoms with Gasteiger partial charge in [-0.25, -0.2) is 0 Å². The SMILES string of the molecule is C#CC(OC)c1ccccc1C(/C=C(\C)CCC=C(C)C)CO. The minimum Gasteiger partial charge on any atom is -0.395 e. The van der Waals surface area contributed by atoms with E-state index in [1.807, 2.05) is 24.3 Å². The van der Waals surface area contributed by atoms with Crippen LogP contribution in [0.4, 0.5) is 0 Å². The number of allylic oxidation sites excluding steroid dienone is 3. The number of hydrogen-bond acceptors (Lipinski definition) is 2. The monoisotopic (exact) mass is 312 g/mol. The Morgan fingerprint density at radius 2 is 1.91 bits per heavy atom. The lowest BCUT2D eigenvalue weighted by atomic mass is 9.90. The zero-order chi connectivity index (χ0) is 17.2.